The van der Waals surface area contributed by atoms with Crippen LogP contribution in [0.5, 0.6) is 0 Å². The van der Waals surface area contributed by atoms with Gasteiger partial charge in [0.25, 0.3) is 6.01 Å². The summed E-state index contributed by atoms with van der Waals surface area (Å²) >= 11 is 0. The van der Waals surface area contributed by atoms with Crippen molar-refractivity contribution < 1.29 is 9.21 Å². The maximum Gasteiger partial charge on any atom is 0.292 e. The van der Waals surface area contributed by atoms with E-state index in [0.29, 0.717) is 11.3 Å². The molecule has 0 amide bonds. The Kier molecular flexibility index (Phi) is 2.25. The molecule has 0 aliphatic rings. The van der Waals surface area contributed by atoms with E-state index in [1.54, 1.807) is 30.5 Å². The number of rotatable bonds is 2. The predicted octanol–water partition coefficient (Wildman–Crippen LogP) is 2.13. The summed E-state index contributed by atoms with van der Waals surface area (Å²) in [6, 6.07) is 7.24. The Morgan fingerprint density at radius 1 is 1.33 bits per heavy atom. The van der Waals surface area contributed by atoms with Crippen LogP contribution in [0, 0.1) is 0 Å². The van der Waals surface area contributed by atoms with Gasteiger partial charge in [0.05, 0.1) is 6.20 Å². The predicted molar refractivity (Wildman–Crippen MR) is 56.4 cm³/mol. The van der Waals surface area contributed by atoms with Gasteiger partial charge >= 0.3 is 0 Å². The summed E-state index contributed by atoms with van der Waals surface area (Å²) in [4.78, 5) is 14.8. The first-order chi connectivity index (χ1) is 7.16. The van der Waals surface area contributed by atoms with Gasteiger partial charge in [0.2, 0.25) is 0 Å². The molecule has 0 saturated carbocycles. The highest BCUT2D eigenvalue weighted by atomic mass is 16.4. The number of benzene rings is 1. The number of nitrogens with two attached hydrogens (primary N) is 1. The molecular weight excluding hydrogens is 192 g/mol. The van der Waals surface area contributed by atoms with Gasteiger partial charge < -0.3 is 10.2 Å². The van der Waals surface area contributed by atoms with E-state index in [2.05, 4.69) is 4.98 Å². The van der Waals surface area contributed by atoms with E-state index >= 15 is 0 Å². The topological polar surface area (TPSA) is 69.1 Å². The molecule has 4 nitrogen and oxygen atoms in total. The lowest BCUT2D eigenvalue weighted by molar-refractivity contribution is 0.101. The zero-order chi connectivity index (χ0) is 10.8. The molecule has 0 spiro atoms. The van der Waals surface area contributed by atoms with Crippen molar-refractivity contribution in [2.24, 2.45) is 0 Å². The average molecular weight is 202 g/mol. The highest BCUT2D eigenvalue weighted by Gasteiger charge is 2.04. The summed E-state index contributed by atoms with van der Waals surface area (Å²) in [7, 11) is 0. The zero-order valence-corrected chi connectivity index (χ0v) is 8.23. The van der Waals surface area contributed by atoms with E-state index in [1.807, 2.05) is 0 Å². The number of anilines is 1. The quantitative estimate of drug-likeness (QED) is 0.757. The first kappa shape index (κ1) is 9.45. The van der Waals surface area contributed by atoms with E-state index < -0.39 is 0 Å². The minimum atomic E-state index is 0.0404. The Morgan fingerprint density at radius 2 is 2.00 bits per heavy atom. The number of ketones is 1. The summed E-state index contributed by atoms with van der Waals surface area (Å²) in [6.07, 6.45) is 1.55. The zero-order valence-electron chi connectivity index (χ0n) is 8.23. The van der Waals surface area contributed by atoms with Gasteiger partial charge in [-0.2, -0.15) is 0 Å². The molecule has 0 saturated heterocycles. The third-order valence-electron chi connectivity index (χ3n) is 2.10. The van der Waals surface area contributed by atoms with E-state index in [1.165, 1.54) is 6.92 Å². The van der Waals surface area contributed by atoms with Crippen molar-refractivity contribution >= 4 is 11.8 Å². The van der Waals surface area contributed by atoms with E-state index in [9.17, 15) is 4.79 Å². The molecule has 0 atom stereocenters. The average Bonchev–Trinajstić information content (AvgIpc) is 2.65. The second kappa shape index (κ2) is 3.57. The van der Waals surface area contributed by atoms with Gasteiger partial charge in [-0.25, -0.2) is 4.98 Å². The lowest BCUT2D eigenvalue weighted by atomic mass is 10.1. The highest BCUT2D eigenvalue weighted by Crippen LogP contribution is 2.21. The number of aromatic nitrogens is 1. The second-order valence-corrected chi connectivity index (χ2v) is 3.20. The Bertz CT molecular complexity index is 486. The SMILES string of the molecule is CC(=O)c1ccc(-c2cnc(N)o2)cc1. The molecule has 0 fully saturated rings. The normalized spacial score (nSPS) is 10.2. The maximum absolute atomic E-state index is 11.0. The Labute approximate surface area is 86.7 Å². The van der Waals surface area contributed by atoms with Gasteiger partial charge in [-0.15, -0.1) is 0 Å². The number of hydrogen-bond acceptors (Lipinski definition) is 4. The van der Waals surface area contributed by atoms with Crippen molar-refractivity contribution in [3.05, 3.63) is 36.0 Å². The molecule has 0 bridgehead atoms. The van der Waals surface area contributed by atoms with Crippen LogP contribution in [0.25, 0.3) is 11.3 Å². The minimum Gasteiger partial charge on any atom is -0.424 e. The van der Waals surface area contributed by atoms with E-state index in [0.717, 1.165) is 5.56 Å². The number of carbonyl (C=O) groups is 1. The first-order valence-corrected chi connectivity index (χ1v) is 4.49. The van der Waals surface area contributed by atoms with E-state index in [4.69, 9.17) is 10.2 Å². The molecule has 1 aromatic carbocycles. The first-order valence-electron chi connectivity index (χ1n) is 4.49. The maximum atomic E-state index is 11.0. The summed E-state index contributed by atoms with van der Waals surface area (Å²) in [5.41, 5.74) is 6.89. The molecular formula is C11H10N2O2. The van der Waals surface area contributed by atoms with Crippen LogP contribution in [0.3, 0.4) is 0 Å². The van der Waals surface area contributed by atoms with Gasteiger partial charge in [0.15, 0.2) is 11.5 Å². The smallest absolute Gasteiger partial charge is 0.292 e. The van der Waals surface area contributed by atoms with Gasteiger partial charge in [-0.1, -0.05) is 24.3 Å². The number of nitrogens with zero attached hydrogens (tertiary/aromatic N) is 1. The lowest BCUT2D eigenvalue weighted by Crippen LogP contribution is -1.90. The van der Waals surface area contributed by atoms with Crippen LogP contribution in [0.2, 0.25) is 0 Å². The highest BCUT2D eigenvalue weighted by molar-refractivity contribution is 5.94. The molecule has 0 radical (unpaired) electrons. The van der Waals surface area contributed by atoms with Crippen molar-refractivity contribution in [3.8, 4) is 11.3 Å². The fourth-order valence-electron chi connectivity index (χ4n) is 1.29. The van der Waals surface area contributed by atoms with Crippen molar-refractivity contribution in [3.63, 3.8) is 0 Å². The summed E-state index contributed by atoms with van der Waals surface area (Å²) in [5.74, 6) is 0.640. The Morgan fingerprint density at radius 3 is 2.47 bits per heavy atom. The van der Waals surface area contributed by atoms with Crippen molar-refractivity contribution in [2.75, 3.05) is 5.73 Å². The molecule has 15 heavy (non-hydrogen) atoms. The number of oxazole rings is 1. The van der Waals surface area contributed by atoms with Crippen LogP contribution in [-0.2, 0) is 0 Å². The van der Waals surface area contributed by atoms with Crippen LogP contribution in [0.1, 0.15) is 17.3 Å². The van der Waals surface area contributed by atoms with E-state index in [-0.39, 0.29) is 11.8 Å². The number of nitrogen functional groups attached to an aromatic ring is 1. The summed E-state index contributed by atoms with van der Waals surface area (Å²) in [5, 5.41) is 0. The third kappa shape index (κ3) is 1.88. The van der Waals surface area contributed by atoms with Gasteiger partial charge in [0.1, 0.15) is 0 Å². The second-order valence-electron chi connectivity index (χ2n) is 3.20. The third-order valence-corrected chi connectivity index (χ3v) is 2.10. The Balaban J connectivity index is 2.35. The fourth-order valence-corrected chi connectivity index (χ4v) is 1.29. The van der Waals surface area contributed by atoms with Gasteiger partial charge in [0, 0.05) is 11.1 Å². The van der Waals surface area contributed by atoms with Crippen LogP contribution in [0.15, 0.2) is 34.9 Å². The van der Waals surface area contributed by atoms with Crippen molar-refractivity contribution in [2.45, 2.75) is 6.92 Å². The molecule has 2 aromatic rings. The molecule has 1 heterocycles. The molecule has 1 aromatic heterocycles. The standard InChI is InChI=1S/C11H10N2O2/c1-7(14)8-2-4-9(5-3-8)10-6-13-11(12)15-10/h2-6H,1H3,(H2,12,13). The molecule has 2 N–H and O–H groups in total. The number of Topliss-reactive ketones (excluding diaryl/α,β-unsaturated/α-hetero) is 1. The fraction of sp³-hybridized carbons (Fsp3) is 0.0909. The van der Waals surface area contributed by atoms with Crippen molar-refractivity contribution in [1.29, 1.82) is 0 Å². The van der Waals surface area contributed by atoms with Crippen molar-refractivity contribution in [1.82, 2.24) is 4.98 Å². The van der Waals surface area contributed by atoms with Crippen LogP contribution in [0.4, 0.5) is 6.01 Å². The van der Waals surface area contributed by atoms with Gasteiger partial charge in [-0.05, 0) is 6.92 Å². The van der Waals surface area contributed by atoms with Gasteiger partial charge in [-0.3, -0.25) is 4.79 Å². The molecule has 2 rings (SSSR count). The van der Waals surface area contributed by atoms with Crippen LogP contribution < -0.4 is 5.73 Å². The monoisotopic (exact) mass is 202 g/mol. The number of hydrogen-bond donors (Lipinski definition) is 1. The summed E-state index contributed by atoms with van der Waals surface area (Å²) in [6.45, 7) is 1.53. The lowest BCUT2D eigenvalue weighted by Gasteiger charge is -1.97. The van der Waals surface area contributed by atoms with Crippen LogP contribution in [-0.4, -0.2) is 10.8 Å². The van der Waals surface area contributed by atoms with Crippen LogP contribution >= 0.6 is 0 Å². The molecule has 0 unspecified atom stereocenters. The largest absolute Gasteiger partial charge is 0.424 e. The molecule has 76 valence electrons. The molecule has 0 aliphatic heterocycles. The molecule has 4 heteroatoms. The molecule has 0 aliphatic carbocycles. The minimum absolute atomic E-state index is 0.0404. The Hall–Kier alpha value is -2.10. The summed E-state index contributed by atoms with van der Waals surface area (Å²) < 4.78 is 5.15. The number of carbonyl (C=O) groups excluding carboxylic acids is 1.